The summed E-state index contributed by atoms with van der Waals surface area (Å²) in [5.41, 5.74) is 2.09. The van der Waals surface area contributed by atoms with Crippen LogP contribution in [0, 0.1) is 6.92 Å². The molecule has 3 nitrogen and oxygen atoms in total. The van der Waals surface area contributed by atoms with Crippen molar-refractivity contribution < 1.29 is 9.13 Å². The smallest absolute Gasteiger partial charge is 0.117 e. The molecule has 2 heterocycles. The first-order valence-corrected chi connectivity index (χ1v) is 5.65. The normalized spacial score (nSPS) is 21.9. The van der Waals surface area contributed by atoms with Crippen LogP contribution < -0.4 is 4.90 Å². The summed E-state index contributed by atoms with van der Waals surface area (Å²) in [5.74, 6) is 0. The van der Waals surface area contributed by atoms with Crippen molar-refractivity contribution in [2.24, 2.45) is 0 Å². The summed E-state index contributed by atoms with van der Waals surface area (Å²) in [4.78, 5) is 6.34. The summed E-state index contributed by atoms with van der Waals surface area (Å²) in [6.07, 6.45) is 2.44. The van der Waals surface area contributed by atoms with Gasteiger partial charge in [-0.15, -0.1) is 0 Å². The number of rotatable bonds is 2. The van der Waals surface area contributed by atoms with E-state index in [9.17, 15) is 4.39 Å². The highest BCUT2D eigenvalue weighted by Crippen LogP contribution is 2.18. The maximum atomic E-state index is 12.7. The Hall–Kier alpha value is -1.16. The van der Waals surface area contributed by atoms with E-state index in [1.54, 1.807) is 6.20 Å². The van der Waals surface area contributed by atoms with Crippen LogP contribution in [0.3, 0.4) is 0 Å². The second kappa shape index (κ2) is 5.25. The zero-order chi connectivity index (χ0) is 11.4. The Bertz CT molecular complexity index is 346. The third kappa shape index (κ3) is 2.70. The molecule has 1 aliphatic rings. The Balaban J connectivity index is 2.12. The largest absolute Gasteiger partial charge is 0.374 e. The van der Waals surface area contributed by atoms with Gasteiger partial charge in [0, 0.05) is 37.3 Å². The van der Waals surface area contributed by atoms with E-state index in [-0.39, 0.29) is 6.10 Å². The molecule has 0 radical (unpaired) electrons. The number of nitrogens with zero attached hydrogens (tertiary/aromatic N) is 2. The van der Waals surface area contributed by atoms with E-state index in [0.29, 0.717) is 13.2 Å². The predicted octanol–water partition coefficient (Wildman–Crippen LogP) is 1.95. The van der Waals surface area contributed by atoms with Gasteiger partial charge in [-0.1, -0.05) is 0 Å². The van der Waals surface area contributed by atoms with Crippen LogP contribution in [0.5, 0.6) is 0 Å². The number of anilines is 1. The van der Waals surface area contributed by atoms with E-state index in [0.717, 1.165) is 24.3 Å². The molecule has 16 heavy (non-hydrogen) atoms. The van der Waals surface area contributed by atoms with Crippen LogP contribution in [0.4, 0.5) is 10.1 Å². The predicted molar refractivity (Wildman–Crippen MR) is 61.5 cm³/mol. The second-order valence-electron chi connectivity index (χ2n) is 4.10. The molecule has 1 fully saturated rings. The molecule has 4 heteroatoms. The third-order valence-electron chi connectivity index (χ3n) is 2.77. The molecule has 2 rings (SSSR count). The number of halogens is 1. The zero-order valence-corrected chi connectivity index (χ0v) is 9.53. The Labute approximate surface area is 95.2 Å². The van der Waals surface area contributed by atoms with Crippen LogP contribution in [0.1, 0.15) is 12.1 Å². The van der Waals surface area contributed by atoms with Gasteiger partial charge in [-0.2, -0.15) is 0 Å². The van der Waals surface area contributed by atoms with Crippen molar-refractivity contribution in [2.45, 2.75) is 19.4 Å². The molecule has 0 spiro atoms. The lowest BCUT2D eigenvalue weighted by Crippen LogP contribution is -2.32. The Kier molecular flexibility index (Phi) is 3.72. The quantitative estimate of drug-likeness (QED) is 0.767. The first-order chi connectivity index (χ1) is 7.79. The zero-order valence-electron chi connectivity index (χ0n) is 9.53. The summed E-state index contributed by atoms with van der Waals surface area (Å²) < 4.78 is 18.1. The molecular weight excluding hydrogens is 207 g/mol. The third-order valence-corrected chi connectivity index (χ3v) is 2.77. The first kappa shape index (κ1) is 11.3. The molecule has 0 aliphatic carbocycles. The molecule has 0 bridgehead atoms. The number of aromatic nitrogens is 1. The monoisotopic (exact) mass is 224 g/mol. The van der Waals surface area contributed by atoms with E-state index in [4.69, 9.17) is 4.74 Å². The molecule has 88 valence electrons. The fourth-order valence-corrected chi connectivity index (χ4v) is 1.95. The van der Waals surface area contributed by atoms with Gasteiger partial charge in [0.1, 0.15) is 12.8 Å². The Morgan fingerprint density at radius 1 is 1.62 bits per heavy atom. The van der Waals surface area contributed by atoms with Crippen molar-refractivity contribution in [2.75, 3.05) is 31.3 Å². The van der Waals surface area contributed by atoms with E-state index >= 15 is 0 Å². The van der Waals surface area contributed by atoms with Crippen molar-refractivity contribution in [1.82, 2.24) is 4.98 Å². The van der Waals surface area contributed by atoms with Crippen molar-refractivity contribution in [3.05, 3.63) is 24.0 Å². The van der Waals surface area contributed by atoms with Crippen molar-refractivity contribution in [1.29, 1.82) is 0 Å². The molecule has 1 aromatic rings. The summed E-state index contributed by atoms with van der Waals surface area (Å²) in [6, 6.07) is 3.99. The summed E-state index contributed by atoms with van der Waals surface area (Å²) in [6.45, 7) is 3.74. The number of pyridine rings is 1. The summed E-state index contributed by atoms with van der Waals surface area (Å²) in [7, 11) is 0. The van der Waals surface area contributed by atoms with Gasteiger partial charge in [0.25, 0.3) is 0 Å². The second-order valence-corrected chi connectivity index (χ2v) is 4.10. The minimum Gasteiger partial charge on any atom is -0.374 e. The van der Waals surface area contributed by atoms with Gasteiger partial charge in [0.05, 0.1) is 0 Å². The van der Waals surface area contributed by atoms with Crippen LogP contribution >= 0.6 is 0 Å². The van der Waals surface area contributed by atoms with Crippen LogP contribution in [-0.4, -0.2) is 37.5 Å². The van der Waals surface area contributed by atoms with Gasteiger partial charge in [0.2, 0.25) is 0 Å². The molecule has 0 N–H and O–H groups in total. The van der Waals surface area contributed by atoms with Crippen molar-refractivity contribution in [3.63, 3.8) is 0 Å². The highest BCUT2D eigenvalue weighted by Gasteiger charge is 2.18. The lowest BCUT2D eigenvalue weighted by Gasteiger charge is -2.24. The standard InChI is InChI=1S/C12H17FN2O/c1-10-7-11(3-4-14-10)15-5-2-6-16-12(8-13)9-15/h3-4,7,12H,2,5-6,8-9H2,1H3/t12-/m0/s1. The topological polar surface area (TPSA) is 25.4 Å². The number of aryl methyl sites for hydroxylation is 1. The molecule has 0 amide bonds. The SMILES string of the molecule is Cc1cc(N2CCCO[C@@H](CF)C2)ccn1. The van der Waals surface area contributed by atoms with Gasteiger partial charge in [-0.3, -0.25) is 4.98 Å². The van der Waals surface area contributed by atoms with Gasteiger partial charge in [-0.05, 0) is 25.5 Å². The van der Waals surface area contributed by atoms with Gasteiger partial charge in [-0.25, -0.2) is 4.39 Å². The number of hydrogen-bond acceptors (Lipinski definition) is 3. The number of alkyl halides is 1. The highest BCUT2D eigenvalue weighted by atomic mass is 19.1. The average Bonchev–Trinajstić information content (AvgIpc) is 2.54. The summed E-state index contributed by atoms with van der Waals surface area (Å²) >= 11 is 0. The fraction of sp³-hybridized carbons (Fsp3) is 0.583. The van der Waals surface area contributed by atoms with Gasteiger partial charge < -0.3 is 9.64 Å². The van der Waals surface area contributed by atoms with Crippen LogP contribution in [0.2, 0.25) is 0 Å². The first-order valence-electron chi connectivity index (χ1n) is 5.65. The Morgan fingerprint density at radius 3 is 3.25 bits per heavy atom. The molecule has 1 aromatic heterocycles. The van der Waals surface area contributed by atoms with Crippen LogP contribution in [-0.2, 0) is 4.74 Å². The maximum absolute atomic E-state index is 12.7. The highest BCUT2D eigenvalue weighted by molar-refractivity contribution is 5.46. The maximum Gasteiger partial charge on any atom is 0.117 e. The van der Waals surface area contributed by atoms with Crippen molar-refractivity contribution >= 4 is 5.69 Å². The molecule has 1 atom stereocenters. The average molecular weight is 224 g/mol. The van der Waals surface area contributed by atoms with E-state index < -0.39 is 6.67 Å². The van der Waals surface area contributed by atoms with Crippen molar-refractivity contribution in [3.8, 4) is 0 Å². The van der Waals surface area contributed by atoms with Crippen LogP contribution in [0.25, 0.3) is 0 Å². The lowest BCUT2D eigenvalue weighted by molar-refractivity contribution is 0.0508. The van der Waals surface area contributed by atoms with E-state index in [2.05, 4.69) is 9.88 Å². The lowest BCUT2D eigenvalue weighted by atomic mass is 10.2. The van der Waals surface area contributed by atoms with E-state index in [1.807, 2.05) is 19.1 Å². The van der Waals surface area contributed by atoms with Gasteiger partial charge in [0.15, 0.2) is 0 Å². The summed E-state index contributed by atoms with van der Waals surface area (Å²) in [5, 5.41) is 0. The Morgan fingerprint density at radius 2 is 2.50 bits per heavy atom. The van der Waals surface area contributed by atoms with Crippen LogP contribution in [0.15, 0.2) is 18.3 Å². The van der Waals surface area contributed by atoms with Gasteiger partial charge >= 0.3 is 0 Å². The molecule has 0 unspecified atom stereocenters. The fourth-order valence-electron chi connectivity index (χ4n) is 1.95. The molecule has 0 saturated carbocycles. The number of hydrogen-bond donors (Lipinski definition) is 0. The molecule has 0 aromatic carbocycles. The number of ether oxygens (including phenoxy) is 1. The molecular formula is C12H17FN2O. The minimum absolute atomic E-state index is 0.295. The minimum atomic E-state index is -0.416. The molecule has 1 aliphatic heterocycles. The molecule has 1 saturated heterocycles. The van der Waals surface area contributed by atoms with E-state index in [1.165, 1.54) is 0 Å².